The molecule has 2 aromatic rings. The molecular weight excluding hydrogens is 192 g/mol. The van der Waals surface area contributed by atoms with E-state index in [0.29, 0.717) is 11.6 Å². The molecule has 5 heteroatoms. The Bertz CT molecular complexity index is 504. The third kappa shape index (κ3) is 1.56. The number of rotatable bonds is 1. The number of aromatic hydroxyl groups is 1. The smallest absolute Gasteiger partial charge is 0.205 e. The Balaban J connectivity index is 2.59. The van der Waals surface area contributed by atoms with E-state index < -0.39 is 0 Å². The second kappa shape index (κ2) is 3.34. The number of benzene rings is 1. The number of tetrazole rings is 1. The molecule has 0 saturated heterocycles. The maximum atomic E-state index is 9.77. The van der Waals surface area contributed by atoms with Gasteiger partial charge >= 0.3 is 0 Å². The first-order valence-corrected chi connectivity index (χ1v) is 4.63. The lowest BCUT2D eigenvalue weighted by Gasteiger charge is -2.06. The van der Waals surface area contributed by atoms with Crippen molar-refractivity contribution in [3.05, 3.63) is 23.3 Å². The molecule has 5 nitrogen and oxygen atoms in total. The first-order valence-electron chi connectivity index (χ1n) is 4.63. The van der Waals surface area contributed by atoms with Gasteiger partial charge in [-0.3, -0.25) is 0 Å². The van der Waals surface area contributed by atoms with E-state index in [4.69, 9.17) is 0 Å². The van der Waals surface area contributed by atoms with Gasteiger partial charge in [0.1, 0.15) is 5.75 Å². The van der Waals surface area contributed by atoms with E-state index in [1.165, 1.54) is 4.80 Å². The van der Waals surface area contributed by atoms with Crippen molar-refractivity contribution >= 4 is 0 Å². The van der Waals surface area contributed by atoms with E-state index in [1.54, 1.807) is 7.05 Å². The molecule has 78 valence electrons. The van der Waals surface area contributed by atoms with Crippen molar-refractivity contribution in [3.63, 3.8) is 0 Å². The summed E-state index contributed by atoms with van der Waals surface area (Å²) in [7, 11) is 1.71. The monoisotopic (exact) mass is 204 g/mol. The summed E-state index contributed by atoms with van der Waals surface area (Å²) in [6.45, 7) is 3.70. The van der Waals surface area contributed by atoms with Crippen molar-refractivity contribution in [2.45, 2.75) is 13.8 Å². The van der Waals surface area contributed by atoms with Gasteiger partial charge < -0.3 is 5.11 Å². The number of hydrogen-bond acceptors (Lipinski definition) is 4. The molecular formula is C10H12N4O. The van der Waals surface area contributed by atoms with Crippen LogP contribution in [0.4, 0.5) is 0 Å². The number of nitrogens with zero attached hydrogens (tertiary/aromatic N) is 4. The van der Waals surface area contributed by atoms with Crippen molar-refractivity contribution < 1.29 is 5.11 Å². The van der Waals surface area contributed by atoms with E-state index in [0.717, 1.165) is 16.7 Å². The highest BCUT2D eigenvalue weighted by Gasteiger charge is 2.11. The molecule has 1 heterocycles. The zero-order valence-corrected chi connectivity index (χ0v) is 8.89. The van der Waals surface area contributed by atoms with Crippen molar-refractivity contribution in [1.29, 1.82) is 0 Å². The molecule has 0 spiro atoms. The summed E-state index contributed by atoms with van der Waals surface area (Å²) in [4.78, 5) is 1.39. The molecule has 0 aliphatic heterocycles. The lowest BCUT2D eigenvalue weighted by atomic mass is 10.0. The normalized spacial score (nSPS) is 10.6. The summed E-state index contributed by atoms with van der Waals surface area (Å²) in [5.41, 5.74) is 2.44. The fourth-order valence-corrected chi connectivity index (χ4v) is 1.47. The average Bonchev–Trinajstić information content (AvgIpc) is 2.61. The van der Waals surface area contributed by atoms with Gasteiger partial charge in [-0.2, -0.15) is 4.80 Å². The molecule has 0 unspecified atom stereocenters. The molecule has 0 radical (unpaired) electrons. The Kier molecular flexibility index (Phi) is 2.15. The summed E-state index contributed by atoms with van der Waals surface area (Å²) < 4.78 is 0. The van der Waals surface area contributed by atoms with Crippen LogP contribution in [0.2, 0.25) is 0 Å². The van der Waals surface area contributed by atoms with Gasteiger partial charge in [0.2, 0.25) is 5.82 Å². The molecule has 0 amide bonds. The maximum absolute atomic E-state index is 9.77. The van der Waals surface area contributed by atoms with Gasteiger partial charge in [-0.25, -0.2) is 0 Å². The number of phenols is 1. The highest BCUT2D eigenvalue weighted by atomic mass is 16.3. The molecule has 1 N–H and O–H groups in total. The summed E-state index contributed by atoms with van der Waals surface area (Å²) in [5, 5.41) is 21.5. The molecule has 0 saturated carbocycles. The van der Waals surface area contributed by atoms with Crippen LogP contribution < -0.4 is 0 Å². The molecule has 1 aromatic carbocycles. The Hall–Kier alpha value is -1.91. The van der Waals surface area contributed by atoms with E-state index >= 15 is 0 Å². The third-order valence-electron chi connectivity index (χ3n) is 2.38. The minimum Gasteiger partial charge on any atom is -0.507 e. The van der Waals surface area contributed by atoms with Crippen molar-refractivity contribution in [2.75, 3.05) is 0 Å². The fourth-order valence-electron chi connectivity index (χ4n) is 1.47. The van der Waals surface area contributed by atoms with Crippen LogP contribution in [0, 0.1) is 13.8 Å². The Morgan fingerprint density at radius 2 is 2.00 bits per heavy atom. The third-order valence-corrected chi connectivity index (χ3v) is 2.38. The predicted molar refractivity (Wildman–Crippen MR) is 55.4 cm³/mol. The van der Waals surface area contributed by atoms with Gasteiger partial charge in [0.15, 0.2) is 0 Å². The molecule has 0 aliphatic rings. The highest BCUT2D eigenvalue weighted by molar-refractivity contribution is 5.64. The lowest BCUT2D eigenvalue weighted by molar-refractivity contribution is 0.467. The van der Waals surface area contributed by atoms with Crippen LogP contribution in [0.3, 0.4) is 0 Å². The van der Waals surface area contributed by atoms with Crippen LogP contribution in [0.1, 0.15) is 11.1 Å². The van der Waals surface area contributed by atoms with Gasteiger partial charge in [-0.1, -0.05) is 12.1 Å². The summed E-state index contributed by atoms with van der Waals surface area (Å²) in [5.74, 6) is 0.824. The Morgan fingerprint density at radius 3 is 2.60 bits per heavy atom. The van der Waals surface area contributed by atoms with E-state index in [1.807, 2.05) is 26.0 Å². The summed E-state index contributed by atoms with van der Waals surface area (Å²) in [6, 6.07) is 3.73. The standard InChI is InChI=1S/C10H12N4O/c1-6-4-5-8(7(2)9(6)15)10-11-13-14(3)12-10/h4-5,15H,1-3H3. The quantitative estimate of drug-likeness (QED) is 0.758. The molecule has 0 aliphatic carbocycles. The zero-order valence-electron chi connectivity index (χ0n) is 8.89. The van der Waals surface area contributed by atoms with Crippen LogP contribution in [0.5, 0.6) is 5.75 Å². The van der Waals surface area contributed by atoms with Crippen LogP contribution in [0.15, 0.2) is 12.1 Å². The van der Waals surface area contributed by atoms with Crippen molar-refractivity contribution in [1.82, 2.24) is 20.2 Å². The van der Waals surface area contributed by atoms with Crippen LogP contribution in [-0.2, 0) is 7.05 Å². The molecule has 2 rings (SSSR count). The minimum absolute atomic E-state index is 0.292. The number of hydrogen-bond donors (Lipinski definition) is 1. The second-order valence-electron chi connectivity index (χ2n) is 3.51. The van der Waals surface area contributed by atoms with Gasteiger partial charge in [-0.05, 0) is 24.6 Å². The Labute approximate surface area is 87.4 Å². The highest BCUT2D eigenvalue weighted by Crippen LogP contribution is 2.29. The van der Waals surface area contributed by atoms with E-state index in [9.17, 15) is 5.11 Å². The van der Waals surface area contributed by atoms with Crippen LogP contribution in [0.25, 0.3) is 11.4 Å². The second-order valence-corrected chi connectivity index (χ2v) is 3.51. The molecule has 1 aromatic heterocycles. The topological polar surface area (TPSA) is 63.8 Å². The summed E-state index contributed by atoms with van der Waals surface area (Å²) in [6.07, 6.45) is 0. The van der Waals surface area contributed by atoms with Crippen molar-refractivity contribution in [3.8, 4) is 17.1 Å². The number of phenolic OH excluding ortho intramolecular Hbond substituents is 1. The first kappa shape index (κ1) is 9.64. The minimum atomic E-state index is 0.292. The van der Waals surface area contributed by atoms with Crippen LogP contribution in [-0.4, -0.2) is 25.3 Å². The van der Waals surface area contributed by atoms with Gasteiger partial charge in [0.05, 0.1) is 7.05 Å². The largest absolute Gasteiger partial charge is 0.507 e. The SMILES string of the molecule is Cc1ccc(-c2nnn(C)n2)c(C)c1O. The lowest BCUT2D eigenvalue weighted by Crippen LogP contribution is -1.92. The average molecular weight is 204 g/mol. The van der Waals surface area contributed by atoms with Gasteiger partial charge in [0, 0.05) is 11.1 Å². The molecule has 0 atom stereocenters. The zero-order chi connectivity index (χ0) is 11.0. The molecule has 0 bridgehead atoms. The van der Waals surface area contributed by atoms with Gasteiger partial charge in [-0.15, -0.1) is 10.2 Å². The van der Waals surface area contributed by atoms with E-state index in [-0.39, 0.29) is 0 Å². The first-order chi connectivity index (χ1) is 7.09. The maximum Gasteiger partial charge on any atom is 0.205 e. The van der Waals surface area contributed by atoms with E-state index in [2.05, 4.69) is 15.4 Å². The number of aromatic nitrogens is 4. The van der Waals surface area contributed by atoms with Crippen LogP contribution >= 0.6 is 0 Å². The van der Waals surface area contributed by atoms with Crippen molar-refractivity contribution in [2.24, 2.45) is 7.05 Å². The number of aryl methyl sites for hydroxylation is 2. The van der Waals surface area contributed by atoms with Gasteiger partial charge in [0.25, 0.3) is 0 Å². The molecule has 15 heavy (non-hydrogen) atoms. The molecule has 0 fully saturated rings. The summed E-state index contributed by atoms with van der Waals surface area (Å²) >= 11 is 0. The Morgan fingerprint density at radius 1 is 1.27 bits per heavy atom. The predicted octanol–water partition coefficient (Wildman–Crippen LogP) is 1.20. The fraction of sp³-hybridized carbons (Fsp3) is 0.300.